The Labute approximate surface area is 152 Å². The summed E-state index contributed by atoms with van der Waals surface area (Å²) < 4.78 is 18.5. The quantitative estimate of drug-likeness (QED) is 0.255. The summed E-state index contributed by atoms with van der Waals surface area (Å²) in [5.74, 6) is 0.112. The van der Waals surface area contributed by atoms with E-state index in [1.165, 1.54) is 54.6 Å². The van der Waals surface area contributed by atoms with Crippen LogP contribution in [0.5, 0.6) is 0 Å². The van der Waals surface area contributed by atoms with Crippen LogP contribution in [0.15, 0.2) is 65.1 Å². The minimum atomic E-state index is -0.535. The molecular weight excluding hydrogens is 361 g/mol. The first-order chi connectivity index (χ1) is 12.4. The maximum absolute atomic E-state index is 12.9. The van der Waals surface area contributed by atoms with Crippen LogP contribution in [0.1, 0.15) is 16.1 Å². The summed E-state index contributed by atoms with van der Waals surface area (Å²) in [5, 5.41) is 10.9. The van der Waals surface area contributed by atoms with Crippen molar-refractivity contribution in [2.24, 2.45) is 0 Å². The molecule has 0 saturated carbocycles. The zero-order valence-corrected chi connectivity index (χ0v) is 13.9. The summed E-state index contributed by atoms with van der Waals surface area (Å²) in [6, 6.07) is 12.6. The molecule has 0 aliphatic heterocycles. The molecule has 130 valence electrons. The molecule has 1 heterocycles. The monoisotopic (exact) mass is 371 g/mol. The van der Waals surface area contributed by atoms with Gasteiger partial charge >= 0.3 is 0 Å². The molecule has 0 amide bonds. The van der Waals surface area contributed by atoms with Crippen LogP contribution in [0.2, 0.25) is 5.02 Å². The van der Waals surface area contributed by atoms with Gasteiger partial charge in [0.05, 0.1) is 9.95 Å². The summed E-state index contributed by atoms with van der Waals surface area (Å²) in [6.45, 7) is 0. The second-order valence-electron chi connectivity index (χ2n) is 5.33. The Balaban J connectivity index is 1.78. The van der Waals surface area contributed by atoms with Crippen molar-refractivity contribution in [3.63, 3.8) is 0 Å². The highest BCUT2D eigenvalue weighted by molar-refractivity contribution is 6.33. The summed E-state index contributed by atoms with van der Waals surface area (Å²) in [7, 11) is 0. The fraction of sp³-hybridized carbons (Fsp3) is 0. The largest absolute Gasteiger partial charge is 0.457 e. The average Bonchev–Trinajstić information content (AvgIpc) is 3.08. The zero-order valence-electron chi connectivity index (χ0n) is 13.2. The normalized spacial score (nSPS) is 11.0. The SMILES string of the molecule is O=C(/C=C/c1ccc(-c2ccc([N+](=O)[O-])cc2Cl)o1)c1ccc(F)cc1. The maximum Gasteiger partial charge on any atom is 0.270 e. The van der Waals surface area contributed by atoms with Crippen LogP contribution in [0.4, 0.5) is 10.1 Å². The number of nitrogens with zero attached hydrogens (tertiary/aromatic N) is 1. The van der Waals surface area contributed by atoms with Crippen molar-refractivity contribution in [3.05, 3.63) is 93.0 Å². The van der Waals surface area contributed by atoms with Crippen molar-refractivity contribution >= 4 is 29.1 Å². The van der Waals surface area contributed by atoms with Crippen molar-refractivity contribution in [1.82, 2.24) is 0 Å². The molecule has 0 aliphatic carbocycles. The Morgan fingerprint density at radius 1 is 1.12 bits per heavy atom. The number of nitro groups is 1. The van der Waals surface area contributed by atoms with Gasteiger partial charge in [-0.2, -0.15) is 0 Å². The van der Waals surface area contributed by atoms with Crippen molar-refractivity contribution in [2.45, 2.75) is 0 Å². The van der Waals surface area contributed by atoms with Crippen LogP contribution in [-0.2, 0) is 0 Å². The predicted molar refractivity (Wildman–Crippen MR) is 95.6 cm³/mol. The lowest BCUT2D eigenvalue weighted by Crippen LogP contribution is -1.93. The van der Waals surface area contributed by atoms with E-state index in [1.807, 2.05) is 0 Å². The number of ketones is 1. The number of hydrogen-bond donors (Lipinski definition) is 0. The summed E-state index contributed by atoms with van der Waals surface area (Å²) in [5.41, 5.74) is 0.741. The van der Waals surface area contributed by atoms with Gasteiger partial charge < -0.3 is 4.42 Å². The predicted octanol–water partition coefficient (Wildman–Crippen LogP) is 5.54. The first-order valence-corrected chi connectivity index (χ1v) is 7.84. The smallest absolute Gasteiger partial charge is 0.270 e. The highest BCUT2D eigenvalue weighted by Gasteiger charge is 2.13. The molecule has 3 aromatic rings. The minimum absolute atomic E-state index is 0.115. The van der Waals surface area contributed by atoms with Gasteiger partial charge in [0.15, 0.2) is 5.78 Å². The number of rotatable bonds is 5. The third-order valence-electron chi connectivity index (χ3n) is 3.58. The van der Waals surface area contributed by atoms with Gasteiger partial charge in [0.2, 0.25) is 0 Å². The fourth-order valence-corrected chi connectivity index (χ4v) is 2.54. The van der Waals surface area contributed by atoms with E-state index in [1.54, 1.807) is 12.1 Å². The van der Waals surface area contributed by atoms with E-state index in [0.29, 0.717) is 22.6 Å². The molecule has 0 bridgehead atoms. The van der Waals surface area contributed by atoms with Gasteiger partial charge in [-0.3, -0.25) is 14.9 Å². The molecule has 26 heavy (non-hydrogen) atoms. The first-order valence-electron chi connectivity index (χ1n) is 7.46. The molecule has 2 aromatic carbocycles. The number of allylic oxidation sites excluding steroid dienone is 1. The molecule has 0 aliphatic rings. The van der Waals surface area contributed by atoms with Crippen LogP contribution < -0.4 is 0 Å². The van der Waals surface area contributed by atoms with Crippen LogP contribution in [-0.4, -0.2) is 10.7 Å². The number of hydrogen-bond acceptors (Lipinski definition) is 4. The third kappa shape index (κ3) is 3.87. The van der Waals surface area contributed by atoms with Crippen molar-refractivity contribution in [2.75, 3.05) is 0 Å². The molecule has 0 spiro atoms. The van der Waals surface area contributed by atoms with Gasteiger partial charge in [-0.1, -0.05) is 11.6 Å². The Hall–Kier alpha value is -3.25. The summed E-state index contributed by atoms with van der Waals surface area (Å²) in [6.07, 6.45) is 2.79. The van der Waals surface area contributed by atoms with Gasteiger partial charge in [-0.15, -0.1) is 0 Å². The molecular formula is C19H11ClFNO4. The number of halogens is 2. The van der Waals surface area contributed by atoms with E-state index >= 15 is 0 Å². The number of nitro benzene ring substituents is 1. The van der Waals surface area contributed by atoms with Gasteiger partial charge in [0.25, 0.3) is 5.69 Å². The molecule has 5 nitrogen and oxygen atoms in total. The molecule has 0 radical (unpaired) electrons. The maximum atomic E-state index is 12.9. The topological polar surface area (TPSA) is 73.3 Å². The van der Waals surface area contributed by atoms with Crippen LogP contribution in [0.3, 0.4) is 0 Å². The van der Waals surface area contributed by atoms with E-state index < -0.39 is 10.7 Å². The van der Waals surface area contributed by atoms with Gasteiger partial charge in [-0.25, -0.2) is 4.39 Å². The molecule has 0 unspecified atom stereocenters. The van der Waals surface area contributed by atoms with Crippen molar-refractivity contribution in [1.29, 1.82) is 0 Å². The minimum Gasteiger partial charge on any atom is -0.457 e. The molecule has 0 N–H and O–H groups in total. The summed E-state index contributed by atoms with van der Waals surface area (Å²) in [4.78, 5) is 22.2. The highest BCUT2D eigenvalue weighted by atomic mass is 35.5. The third-order valence-corrected chi connectivity index (χ3v) is 3.90. The summed E-state index contributed by atoms with van der Waals surface area (Å²) >= 11 is 6.07. The molecule has 7 heteroatoms. The number of benzene rings is 2. The van der Waals surface area contributed by atoms with E-state index in [4.69, 9.17) is 16.0 Å². The Morgan fingerprint density at radius 2 is 1.85 bits per heavy atom. The Kier molecular flexibility index (Phi) is 4.95. The Morgan fingerprint density at radius 3 is 2.50 bits per heavy atom. The van der Waals surface area contributed by atoms with Gasteiger partial charge in [-0.05, 0) is 54.6 Å². The lowest BCUT2D eigenvalue weighted by molar-refractivity contribution is -0.384. The van der Waals surface area contributed by atoms with Gasteiger partial charge in [0.1, 0.15) is 17.3 Å². The highest BCUT2D eigenvalue weighted by Crippen LogP contribution is 2.32. The number of carbonyl (C=O) groups is 1. The lowest BCUT2D eigenvalue weighted by atomic mass is 10.1. The molecule has 0 saturated heterocycles. The number of furan rings is 1. The van der Waals surface area contributed by atoms with E-state index in [9.17, 15) is 19.3 Å². The Bertz CT molecular complexity index is 1010. The van der Waals surface area contributed by atoms with Gasteiger partial charge in [0, 0.05) is 23.3 Å². The van der Waals surface area contributed by atoms with E-state index in [-0.39, 0.29) is 16.5 Å². The van der Waals surface area contributed by atoms with Crippen LogP contribution in [0, 0.1) is 15.9 Å². The molecule has 1 aromatic heterocycles. The van der Waals surface area contributed by atoms with E-state index in [0.717, 1.165) is 0 Å². The van der Waals surface area contributed by atoms with Crippen LogP contribution in [0.25, 0.3) is 17.4 Å². The second-order valence-corrected chi connectivity index (χ2v) is 5.73. The fourth-order valence-electron chi connectivity index (χ4n) is 2.27. The second kappa shape index (κ2) is 7.33. The number of carbonyl (C=O) groups excluding carboxylic acids is 1. The van der Waals surface area contributed by atoms with Crippen LogP contribution >= 0.6 is 11.6 Å². The lowest BCUT2D eigenvalue weighted by Gasteiger charge is -2.00. The molecule has 0 fully saturated rings. The van der Waals surface area contributed by atoms with Crippen molar-refractivity contribution in [3.8, 4) is 11.3 Å². The first kappa shape index (κ1) is 17.6. The average molecular weight is 372 g/mol. The number of non-ortho nitro benzene ring substituents is 1. The molecule has 0 atom stereocenters. The standard InChI is InChI=1S/C19H11ClFNO4/c20-17-11-14(22(24)25)5-8-16(17)19-10-7-15(26-19)6-9-18(23)12-1-3-13(21)4-2-12/h1-11H/b9-6+. The van der Waals surface area contributed by atoms with Crippen molar-refractivity contribution < 1.29 is 18.5 Å². The molecule has 3 rings (SSSR count). The zero-order chi connectivity index (χ0) is 18.7. The van der Waals surface area contributed by atoms with E-state index in [2.05, 4.69) is 0 Å².